The van der Waals surface area contributed by atoms with E-state index >= 15 is 0 Å². The lowest BCUT2D eigenvalue weighted by atomic mass is 10.1. The molecule has 2 rings (SSSR count). The summed E-state index contributed by atoms with van der Waals surface area (Å²) in [5.74, 6) is 0.554. The van der Waals surface area contributed by atoms with E-state index in [0.29, 0.717) is 18.6 Å². The highest BCUT2D eigenvalue weighted by Gasteiger charge is 2.21. The van der Waals surface area contributed by atoms with Crippen LogP contribution in [0, 0.1) is 11.7 Å². The Morgan fingerprint density at radius 3 is 2.88 bits per heavy atom. The van der Waals surface area contributed by atoms with Crippen molar-refractivity contribution in [1.29, 1.82) is 0 Å². The third kappa shape index (κ3) is 3.17. The summed E-state index contributed by atoms with van der Waals surface area (Å²) in [5, 5.41) is 0. The minimum atomic E-state index is -0.171. The summed E-state index contributed by atoms with van der Waals surface area (Å²) >= 11 is 0. The first-order valence-electron chi connectivity index (χ1n) is 5.75. The van der Waals surface area contributed by atoms with Gasteiger partial charge in [0.2, 0.25) is 0 Å². The SMILES string of the molecule is C=CCc1ccc(COCC2CC2)c(F)c1. The predicted octanol–water partition coefficient (Wildman–Crippen LogP) is 3.48. The van der Waals surface area contributed by atoms with Crippen molar-refractivity contribution >= 4 is 0 Å². The van der Waals surface area contributed by atoms with Crippen LogP contribution < -0.4 is 0 Å². The average Bonchev–Trinajstić information content (AvgIpc) is 3.06. The van der Waals surface area contributed by atoms with Gasteiger partial charge < -0.3 is 4.74 Å². The Bertz CT molecular complexity index is 369. The van der Waals surface area contributed by atoms with E-state index in [4.69, 9.17) is 4.74 Å². The topological polar surface area (TPSA) is 9.23 Å². The van der Waals surface area contributed by atoms with Crippen LogP contribution in [0.15, 0.2) is 30.9 Å². The van der Waals surface area contributed by atoms with E-state index in [9.17, 15) is 4.39 Å². The molecule has 1 aromatic rings. The highest BCUT2D eigenvalue weighted by molar-refractivity contribution is 5.25. The van der Waals surface area contributed by atoms with Crippen LogP contribution in [-0.4, -0.2) is 6.61 Å². The van der Waals surface area contributed by atoms with Crippen molar-refractivity contribution in [1.82, 2.24) is 0 Å². The molecule has 0 saturated heterocycles. The van der Waals surface area contributed by atoms with E-state index in [1.165, 1.54) is 12.8 Å². The first-order chi connectivity index (χ1) is 7.79. The Labute approximate surface area is 95.9 Å². The first kappa shape index (κ1) is 11.3. The van der Waals surface area contributed by atoms with Gasteiger partial charge in [-0.1, -0.05) is 18.2 Å². The first-order valence-corrected chi connectivity index (χ1v) is 5.75. The largest absolute Gasteiger partial charge is 0.376 e. The van der Waals surface area contributed by atoms with Gasteiger partial charge in [0, 0.05) is 12.2 Å². The molecule has 0 N–H and O–H groups in total. The van der Waals surface area contributed by atoms with Crippen LogP contribution in [0.3, 0.4) is 0 Å². The van der Waals surface area contributed by atoms with Crippen molar-refractivity contribution in [3.8, 4) is 0 Å². The van der Waals surface area contributed by atoms with Crippen molar-refractivity contribution in [3.63, 3.8) is 0 Å². The second kappa shape index (κ2) is 5.26. The molecule has 0 atom stereocenters. The molecule has 1 aromatic carbocycles. The number of halogens is 1. The Morgan fingerprint density at radius 2 is 2.25 bits per heavy atom. The number of hydrogen-bond acceptors (Lipinski definition) is 1. The van der Waals surface area contributed by atoms with Gasteiger partial charge in [-0.3, -0.25) is 0 Å². The zero-order valence-corrected chi connectivity index (χ0v) is 9.42. The molecular formula is C14H17FO. The molecule has 1 aliphatic carbocycles. The van der Waals surface area contributed by atoms with Gasteiger partial charge in [0.05, 0.1) is 6.61 Å². The summed E-state index contributed by atoms with van der Waals surface area (Å²) < 4.78 is 19.1. The molecule has 16 heavy (non-hydrogen) atoms. The molecule has 0 aromatic heterocycles. The van der Waals surface area contributed by atoms with Crippen LogP contribution in [0.4, 0.5) is 4.39 Å². The molecular weight excluding hydrogens is 203 g/mol. The van der Waals surface area contributed by atoms with Gasteiger partial charge in [-0.05, 0) is 36.8 Å². The smallest absolute Gasteiger partial charge is 0.129 e. The summed E-state index contributed by atoms with van der Waals surface area (Å²) in [5.41, 5.74) is 1.60. The van der Waals surface area contributed by atoms with Gasteiger partial charge in [-0.15, -0.1) is 6.58 Å². The summed E-state index contributed by atoms with van der Waals surface area (Å²) in [6, 6.07) is 5.30. The van der Waals surface area contributed by atoms with Crippen LogP contribution in [-0.2, 0) is 17.8 Å². The summed E-state index contributed by atoms with van der Waals surface area (Å²) in [6.45, 7) is 4.79. The summed E-state index contributed by atoms with van der Waals surface area (Å²) in [4.78, 5) is 0. The van der Waals surface area contributed by atoms with Gasteiger partial charge in [-0.25, -0.2) is 4.39 Å². The highest BCUT2D eigenvalue weighted by Crippen LogP contribution is 2.29. The Balaban J connectivity index is 1.89. The maximum absolute atomic E-state index is 13.6. The van der Waals surface area contributed by atoms with Crippen molar-refractivity contribution in [2.75, 3.05) is 6.61 Å². The number of allylic oxidation sites excluding steroid dienone is 1. The third-order valence-electron chi connectivity index (χ3n) is 2.81. The van der Waals surface area contributed by atoms with E-state index < -0.39 is 0 Å². The number of benzene rings is 1. The van der Waals surface area contributed by atoms with Crippen molar-refractivity contribution < 1.29 is 9.13 Å². The second-order valence-corrected chi connectivity index (χ2v) is 4.38. The van der Waals surface area contributed by atoms with Crippen LogP contribution in [0.1, 0.15) is 24.0 Å². The van der Waals surface area contributed by atoms with E-state index in [2.05, 4.69) is 6.58 Å². The standard InChI is InChI=1S/C14H17FO/c1-2-3-11-6-7-13(14(15)8-11)10-16-9-12-4-5-12/h2,6-8,12H,1,3-5,9-10H2. The average molecular weight is 220 g/mol. The Kier molecular flexibility index (Phi) is 3.73. The predicted molar refractivity (Wildman–Crippen MR) is 62.7 cm³/mol. The molecule has 86 valence electrons. The van der Waals surface area contributed by atoms with E-state index in [-0.39, 0.29) is 5.82 Å². The van der Waals surface area contributed by atoms with E-state index in [0.717, 1.165) is 18.1 Å². The minimum Gasteiger partial charge on any atom is -0.376 e. The van der Waals surface area contributed by atoms with Gasteiger partial charge >= 0.3 is 0 Å². The minimum absolute atomic E-state index is 0.171. The van der Waals surface area contributed by atoms with E-state index in [1.807, 2.05) is 6.07 Å². The fourth-order valence-corrected chi connectivity index (χ4v) is 1.62. The maximum Gasteiger partial charge on any atom is 0.129 e. The van der Waals surface area contributed by atoms with Crippen molar-refractivity contribution in [3.05, 3.63) is 47.8 Å². The van der Waals surface area contributed by atoms with Crippen LogP contribution >= 0.6 is 0 Å². The molecule has 0 bridgehead atoms. The maximum atomic E-state index is 13.6. The summed E-state index contributed by atoms with van der Waals surface area (Å²) in [7, 11) is 0. The molecule has 0 radical (unpaired) electrons. The number of hydrogen-bond donors (Lipinski definition) is 0. The van der Waals surface area contributed by atoms with Gasteiger partial charge in [0.1, 0.15) is 5.82 Å². The van der Waals surface area contributed by atoms with Gasteiger partial charge in [0.15, 0.2) is 0 Å². The fraction of sp³-hybridized carbons (Fsp3) is 0.429. The van der Waals surface area contributed by atoms with Gasteiger partial charge in [0.25, 0.3) is 0 Å². The molecule has 1 nitrogen and oxygen atoms in total. The highest BCUT2D eigenvalue weighted by atomic mass is 19.1. The Morgan fingerprint density at radius 1 is 1.44 bits per heavy atom. The molecule has 1 saturated carbocycles. The Hall–Kier alpha value is -1.15. The van der Waals surface area contributed by atoms with Crippen LogP contribution in [0.25, 0.3) is 0 Å². The van der Waals surface area contributed by atoms with Gasteiger partial charge in [-0.2, -0.15) is 0 Å². The number of rotatable bonds is 6. The second-order valence-electron chi connectivity index (χ2n) is 4.38. The molecule has 0 heterocycles. The zero-order chi connectivity index (χ0) is 11.4. The molecule has 1 aliphatic rings. The molecule has 1 fully saturated rings. The molecule has 0 aliphatic heterocycles. The number of ether oxygens (including phenoxy) is 1. The molecule has 2 heteroatoms. The van der Waals surface area contributed by atoms with Crippen molar-refractivity contribution in [2.45, 2.75) is 25.9 Å². The third-order valence-corrected chi connectivity index (χ3v) is 2.81. The quantitative estimate of drug-likeness (QED) is 0.667. The van der Waals surface area contributed by atoms with E-state index in [1.54, 1.807) is 18.2 Å². The normalized spacial score (nSPS) is 15.1. The lowest BCUT2D eigenvalue weighted by Crippen LogP contribution is -1.99. The molecule has 0 spiro atoms. The lowest BCUT2D eigenvalue weighted by molar-refractivity contribution is 0.109. The summed E-state index contributed by atoms with van der Waals surface area (Å²) in [6.07, 6.45) is 5.01. The van der Waals surface area contributed by atoms with Crippen LogP contribution in [0.5, 0.6) is 0 Å². The molecule has 0 amide bonds. The zero-order valence-electron chi connectivity index (χ0n) is 9.42. The monoisotopic (exact) mass is 220 g/mol. The fourth-order valence-electron chi connectivity index (χ4n) is 1.62. The lowest BCUT2D eigenvalue weighted by Gasteiger charge is -2.06. The van der Waals surface area contributed by atoms with Crippen molar-refractivity contribution in [2.24, 2.45) is 5.92 Å². The molecule has 0 unspecified atom stereocenters. The van der Waals surface area contributed by atoms with Crippen LogP contribution in [0.2, 0.25) is 0 Å².